The SMILES string of the molecule is CC(C)(C)C[C@H](NC(=O)c1cc2ccc(Cl)cc2[nH]1)C(=O)N[C@H](C#N)C[C@@H]1CCCC1=O. The molecule has 7 nitrogen and oxygen atoms in total. The van der Waals surface area contributed by atoms with Crippen molar-refractivity contribution < 1.29 is 14.4 Å². The van der Waals surface area contributed by atoms with Crippen LogP contribution >= 0.6 is 11.6 Å². The molecule has 2 amide bonds. The minimum absolute atomic E-state index is 0.151. The van der Waals surface area contributed by atoms with Gasteiger partial charge in [0.05, 0.1) is 6.07 Å². The molecule has 3 rings (SSSR count). The van der Waals surface area contributed by atoms with Crippen LogP contribution in [0.25, 0.3) is 10.9 Å². The van der Waals surface area contributed by atoms with E-state index in [4.69, 9.17) is 11.6 Å². The predicted molar refractivity (Wildman–Crippen MR) is 123 cm³/mol. The summed E-state index contributed by atoms with van der Waals surface area (Å²) in [7, 11) is 0. The maximum Gasteiger partial charge on any atom is 0.268 e. The summed E-state index contributed by atoms with van der Waals surface area (Å²) in [6, 6.07) is 7.48. The molecule has 1 aliphatic rings. The molecular weight excluding hydrogens is 428 g/mol. The van der Waals surface area contributed by atoms with E-state index in [1.54, 1.807) is 18.2 Å². The van der Waals surface area contributed by atoms with Crippen LogP contribution in [0.4, 0.5) is 0 Å². The monoisotopic (exact) mass is 456 g/mol. The van der Waals surface area contributed by atoms with Crippen LogP contribution < -0.4 is 10.6 Å². The van der Waals surface area contributed by atoms with Gasteiger partial charge in [0, 0.05) is 28.3 Å². The lowest BCUT2D eigenvalue weighted by Gasteiger charge is -2.27. The Morgan fingerprint density at radius 2 is 2.03 bits per heavy atom. The van der Waals surface area contributed by atoms with Crippen molar-refractivity contribution in [2.75, 3.05) is 0 Å². The van der Waals surface area contributed by atoms with Gasteiger partial charge in [-0.3, -0.25) is 14.4 Å². The highest BCUT2D eigenvalue weighted by Gasteiger charge is 2.31. The highest BCUT2D eigenvalue weighted by molar-refractivity contribution is 6.31. The first kappa shape index (κ1) is 23.8. The van der Waals surface area contributed by atoms with Gasteiger partial charge in [0.25, 0.3) is 5.91 Å². The molecule has 170 valence electrons. The third kappa shape index (κ3) is 6.10. The zero-order valence-electron chi connectivity index (χ0n) is 18.6. The largest absolute Gasteiger partial charge is 0.350 e. The zero-order chi connectivity index (χ0) is 23.5. The number of nitriles is 1. The summed E-state index contributed by atoms with van der Waals surface area (Å²) in [5.74, 6) is -0.877. The number of halogens is 1. The van der Waals surface area contributed by atoms with Crippen LogP contribution in [0.1, 0.15) is 63.4 Å². The third-order valence-corrected chi connectivity index (χ3v) is 5.93. The topological polar surface area (TPSA) is 115 Å². The van der Waals surface area contributed by atoms with Crippen molar-refractivity contribution in [2.24, 2.45) is 11.3 Å². The number of fused-ring (bicyclic) bond motifs is 1. The smallest absolute Gasteiger partial charge is 0.268 e. The second-order valence-corrected chi connectivity index (χ2v) is 10.1. The van der Waals surface area contributed by atoms with Gasteiger partial charge < -0.3 is 15.6 Å². The second-order valence-electron chi connectivity index (χ2n) is 9.69. The van der Waals surface area contributed by atoms with Crippen molar-refractivity contribution in [2.45, 2.75) is 65.0 Å². The Morgan fingerprint density at radius 1 is 1.28 bits per heavy atom. The number of hydrogen-bond acceptors (Lipinski definition) is 4. The molecule has 3 N–H and O–H groups in total. The van der Waals surface area contributed by atoms with Crippen LogP contribution in [-0.2, 0) is 9.59 Å². The van der Waals surface area contributed by atoms with E-state index in [9.17, 15) is 19.6 Å². The van der Waals surface area contributed by atoms with Crippen LogP contribution in [0.3, 0.4) is 0 Å². The molecule has 1 saturated carbocycles. The van der Waals surface area contributed by atoms with Gasteiger partial charge in [0.1, 0.15) is 23.6 Å². The lowest BCUT2D eigenvalue weighted by Crippen LogP contribution is -2.51. The van der Waals surface area contributed by atoms with E-state index < -0.39 is 23.9 Å². The van der Waals surface area contributed by atoms with Gasteiger partial charge in [0.2, 0.25) is 5.91 Å². The first-order valence-corrected chi connectivity index (χ1v) is 11.3. The van der Waals surface area contributed by atoms with Crippen molar-refractivity contribution in [1.29, 1.82) is 5.26 Å². The van der Waals surface area contributed by atoms with Crippen LogP contribution in [0.2, 0.25) is 5.02 Å². The van der Waals surface area contributed by atoms with Crippen molar-refractivity contribution in [3.05, 3.63) is 35.0 Å². The molecule has 1 aliphatic carbocycles. The number of aromatic nitrogens is 1. The number of nitrogens with one attached hydrogen (secondary N) is 3. The number of ketones is 1. The van der Waals surface area contributed by atoms with Gasteiger partial charge in [-0.1, -0.05) is 38.4 Å². The van der Waals surface area contributed by atoms with Gasteiger partial charge in [0.15, 0.2) is 0 Å². The fourth-order valence-electron chi connectivity index (χ4n) is 4.12. The Balaban J connectivity index is 1.72. The lowest BCUT2D eigenvalue weighted by molar-refractivity contribution is -0.125. The number of hydrogen-bond donors (Lipinski definition) is 3. The summed E-state index contributed by atoms with van der Waals surface area (Å²) in [6.45, 7) is 5.93. The molecule has 0 spiro atoms. The molecule has 0 saturated heterocycles. The number of carbonyl (C=O) groups excluding carboxylic acids is 3. The number of H-pyrrole nitrogens is 1. The quantitative estimate of drug-likeness (QED) is 0.581. The summed E-state index contributed by atoms with van der Waals surface area (Å²) in [5.41, 5.74) is 0.805. The Bertz CT molecular complexity index is 1060. The molecule has 2 aromatic rings. The highest BCUT2D eigenvalue weighted by Crippen LogP contribution is 2.26. The van der Waals surface area contributed by atoms with E-state index in [2.05, 4.69) is 21.7 Å². The fourth-order valence-corrected chi connectivity index (χ4v) is 4.29. The average molecular weight is 457 g/mol. The van der Waals surface area contributed by atoms with Crippen LogP contribution in [0.15, 0.2) is 24.3 Å². The zero-order valence-corrected chi connectivity index (χ0v) is 19.4. The summed E-state index contributed by atoms with van der Waals surface area (Å²) in [4.78, 5) is 40.9. The molecule has 1 fully saturated rings. The molecule has 32 heavy (non-hydrogen) atoms. The van der Waals surface area contributed by atoms with Crippen LogP contribution in [-0.4, -0.2) is 34.7 Å². The Kier molecular flexibility index (Phi) is 7.25. The molecule has 1 heterocycles. The molecule has 1 aromatic carbocycles. The number of benzene rings is 1. The van der Waals surface area contributed by atoms with Gasteiger partial charge in [-0.25, -0.2) is 0 Å². The number of carbonyl (C=O) groups is 3. The molecule has 0 bridgehead atoms. The van der Waals surface area contributed by atoms with Gasteiger partial charge in [-0.2, -0.15) is 5.26 Å². The number of aromatic amines is 1. The highest BCUT2D eigenvalue weighted by atomic mass is 35.5. The number of rotatable bonds is 7. The Hall–Kier alpha value is -2.85. The predicted octanol–water partition coefficient (Wildman–Crippen LogP) is 4.12. The number of nitrogens with zero attached hydrogens (tertiary/aromatic N) is 1. The third-order valence-electron chi connectivity index (χ3n) is 5.69. The minimum atomic E-state index is -0.826. The molecule has 0 aliphatic heterocycles. The Morgan fingerprint density at radius 3 is 2.66 bits per heavy atom. The first-order valence-electron chi connectivity index (χ1n) is 10.9. The van der Waals surface area contributed by atoms with Crippen molar-refractivity contribution >= 4 is 40.1 Å². The van der Waals surface area contributed by atoms with Gasteiger partial charge in [-0.05, 0) is 49.3 Å². The number of Topliss-reactive ketones (excluding diaryl/α,β-unsaturated/α-hetero) is 1. The van der Waals surface area contributed by atoms with Crippen molar-refractivity contribution in [3.63, 3.8) is 0 Å². The minimum Gasteiger partial charge on any atom is -0.350 e. The summed E-state index contributed by atoms with van der Waals surface area (Å²) >= 11 is 6.02. The average Bonchev–Trinajstić information content (AvgIpc) is 3.31. The van der Waals surface area contributed by atoms with E-state index in [-0.39, 0.29) is 17.1 Å². The molecule has 0 unspecified atom stereocenters. The second kappa shape index (κ2) is 9.74. The van der Waals surface area contributed by atoms with Crippen LogP contribution in [0.5, 0.6) is 0 Å². The molecule has 8 heteroatoms. The van der Waals surface area contributed by atoms with E-state index in [0.29, 0.717) is 30.0 Å². The molecule has 0 radical (unpaired) electrons. The van der Waals surface area contributed by atoms with E-state index in [0.717, 1.165) is 23.7 Å². The molecule has 3 atom stereocenters. The van der Waals surface area contributed by atoms with Gasteiger partial charge >= 0.3 is 0 Å². The van der Waals surface area contributed by atoms with Crippen molar-refractivity contribution in [3.8, 4) is 6.07 Å². The standard InChI is InChI=1S/C24H29ClN4O3/c1-24(2,3)12-20(23(32)27-17(13-26)9-15-5-4-6-21(15)30)29-22(31)19-10-14-7-8-16(25)11-18(14)28-19/h7-8,10-11,15,17,20,28H,4-6,9,12H2,1-3H3,(H,27,32)(H,29,31)/t15-,17-,20-/m0/s1. The molecule has 1 aromatic heterocycles. The summed E-state index contributed by atoms with van der Waals surface area (Å²) in [6.07, 6.45) is 2.81. The maximum atomic E-state index is 13.0. The van der Waals surface area contributed by atoms with E-state index in [1.165, 1.54) is 0 Å². The van der Waals surface area contributed by atoms with Gasteiger partial charge in [-0.15, -0.1) is 0 Å². The Labute approximate surface area is 192 Å². The fraction of sp³-hybridized carbons (Fsp3) is 0.500. The van der Waals surface area contributed by atoms with Crippen LogP contribution in [0, 0.1) is 22.7 Å². The molecular formula is C24H29ClN4O3. The van der Waals surface area contributed by atoms with Crippen molar-refractivity contribution in [1.82, 2.24) is 15.6 Å². The lowest BCUT2D eigenvalue weighted by atomic mass is 9.87. The maximum absolute atomic E-state index is 13.0. The first-order chi connectivity index (χ1) is 15.1. The van der Waals surface area contributed by atoms with E-state index in [1.807, 2.05) is 26.8 Å². The summed E-state index contributed by atoms with van der Waals surface area (Å²) in [5, 5.41) is 16.4. The normalized spacial score (nSPS) is 18.2. The summed E-state index contributed by atoms with van der Waals surface area (Å²) < 4.78 is 0. The van der Waals surface area contributed by atoms with E-state index >= 15 is 0 Å². The number of amides is 2.